The van der Waals surface area contributed by atoms with Crippen molar-refractivity contribution in [3.05, 3.63) is 34.3 Å². The van der Waals surface area contributed by atoms with E-state index in [2.05, 4.69) is 5.32 Å². The van der Waals surface area contributed by atoms with Gasteiger partial charge in [0, 0.05) is 12.6 Å². The van der Waals surface area contributed by atoms with E-state index in [4.69, 9.17) is 9.68 Å². The predicted octanol–water partition coefficient (Wildman–Crippen LogP) is 1.00. The summed E-state index contributed by atoms with van der Waals surface area (Å²) in [6.07, 6.45) is 0.925. The lowest BCUT2D eigenvalue weighted by Crippen LogP contribution is -2.22. The molecule has 86 valence electrons. The van der Waals surface area contributed by atoms with Crippen molar-refractivity contribution in [3.8, 4) is 6.07 Å². The van der Waals surface area contributed by atoms with Crippen molar-refractivity contribution in [2.45, 2.75) is 12.5 Å². The molecule has 1 saturated heterocycles. The van der Waals surface area contributed by atoms with Gasteiger partial charge >= 0.3 is 5.76 Å². The summed E-state index contributed by atoms with van der Waals surface area (Å²) in [6.45, 7) is 1.70. The Morgan fingerprint density at radius 1 is 1.53 bits per heavy atom. The van der Waals surface area contributed by atoms with Crippen LogP contribution in [-0.4, -0.2) is 17.7 Å². The molecule has 1 aliphatic heterocycles. The number of hydrogen-bond acceptors (Lipinski definition) is 4. The van der Waals surface area contributed by atoms with E-state index in [0.717, 1.165) is 25.0 Å². The molecule has 2 aromatic rings. The zero-order valence-corrected chi connectivity index (χ0v) is 9.14. The van der Waals surface area contributed by atoms with Gasteiger partial charge < -0.3 is 9.73 Å². The predicted molar refractivity (Wildman–Crippen MR) is 61.7 cm³/mol. The Bertz CT molecular complexity index is 656. The number of benzene rings is 1. The van der Waals surface area contributed by atoms with E-state index in [1.807, 2.05) is 6.07 Å². The van der Waals surface area contributed by atoms with Gasteiger partial charge in [0.25, 0.3) is 0 Å². The lowest BCUT2D eigenvalue weighted by atomic mass is 10.2. The highest BCUT2D eigenvalue weighted by molar-refractivity contribution is 5.74. The minimum atomic E-state index is -0.344. The standard InChI is InChI=1S/C12H11N3O2/c13-6-8-1-2-10-11(5-8)17-12(16)15(10)9-3-4-14-7-9/h1-2,5,9,14H,3-4,7H2. The van der Waals surface area contributed by atoms with Crippen LogP contribution in [0.1, 0.15) is 18.0 Å². The van der Waals surface area contributed by atoms with Crippen LogP contribution in [0.15, 0.2) is 27.4 Å². The first-order valence-electron chi connectivity index (χ1n) is 5.55. The van der Waals surface area contributed by atoms with Crippen LogP contribution in [0.25, 0.3) is 11.1 Å². The molecule has 0 bridgehead atoms. The fraction of sp³-hybridized carbons (Fsp3) is 0.333. The molecule has 17 heavy (non-hydrogen) atoms. The highest BCUT2D eigenvalue weighted by atomic mass is 16.4. The zero-order chi connectivity index (χ0) is 11.8. The fourth-order valence-corrected chi connectivity index (χ4v) is 2.31. The van der Waals surface area contributed by atoms with Crippen molar-refractivity contribution >= 4 is 11.1 Å². The molecule has 0 spiro atoms. The van der Waals surface area contributed by atoms with Gasteiger partial charge in [0.1, 0.15) is 0 Å². The number of rotatable bonds is 1. The minimum absolute atomic E-state index is 0.150. The summed E-state index contributed by atoms with van der Waals surface area (Å²) >= 11 is 0. The van der Waals surface area contributed by atoms with Gasteiger partial charge in [-0.3, -0.25) is 4.57 Å². The maximum Gasteiger partial charge on any atom is 0.420 e. The van der Waals surface area contributed by atoms with Gasteiger partial charge in [-0.25, -0.2) is 4.79 Å². The van der Waals surface area contributed by atoms with Crippen molar-refractivity contribution in [3.63, 3.8) is 0 Å². The van der Waals surface area contributed by atoms with Crippen LogP contribution in [0, 0.1) is 11.3 Å². The smallest absolute Gasteiger partial charge is 0.408 e. The fourth-order valence-electron chi connectivity index (χ4n) is 2.31. The number of nitrogens with one attached hydrogen (secondary N) is 1. The molecular weight excluding hydrogens is 218 g/mol. The Hall–Kier alpha value is -2.06. The van der Waals surface area contributed by atoms with Gasteiger partial charge in [-0.05, 0) is 25.1 Å². The molecule has 0 amide bonds. The van der Waals surface area contributed by atoms with Crippen molar-refractivity contribution in [1.82, 2.24) is 9.88 Å². The summed E-state index contributed by atoms with van der Waals surface area (Å²) in [4.78, 5) is 11.8. The van der Waals surface area contributed by atoms with Crippen molar-refractivity contribution in [2.75, 3.05) is 13.1 Å². The Labute approximate surface area is 97.3 Å². The van der Waals surface area contributed by atoms with Gasteiger partial charge in [-0.15, -0.1) is 0 Å². The van der Waals surface area contributed by atoms with Gasteiger partial charge in [0.2, 0.25) is 0 Å². The molecule has 5 nitrogen and oxygen atoms in total. The first-order valence-corrected chi connectivity index (χ1v) is 5.55. The number of hydrogen-bond donors (Lipinski definition) is 1. The molecule has 0 aliphatic carbocycles. The van der Waals surface area contributed by atoms with Crippen LogP contribution in [0.5, 0.6) is 0 Å². The number of oxazole rings is 1. The minimum Gasteiger partial charge on any atom is -0.408 e. The first-order chi connectivity index (χ1) is 8.29. The normalized spacial score (nSPS) is 19.6. The van der Waals surface area contributed by atoms with Crippen molar-refractivity contribution in [1.29, 1.82) is 5.26 Å². The summed E-state index contributed by atoms with van der Waals surface area (Å²) < 4.78 is 6.86. The van der Waals surface area contributed by atoms with E-state index < -0.39 is 0 Å². The molecule has 1 unspecified atom stereocenters. The average molecular weight is 229 g/mol. The van der Waals surface area contributed by atoms with Gasteiger partial charge in [-0.2, -0.15) is 5.26 Å². The van der Waals surface area contributed by atoms with E-state index in [1.165, 1.54) is 0 Å². The Morgan fingerprint density at radius 3 is 3.12 bits per heavy atom. The molecule has 1 atom stereocenters. The van der Waals surface area contributed by atoms with E-state index in [0.29, 0.717) is 11.1 Å². The summed E-state index contributed by atoms with van der Waals surface area (Å²) in [6, 6.07) is 7.27. The molecular formula is C12H11N3O2. The topological polar surface area (TPSA) is 71.0 Å². The molecule has 1 aromatic carbocycles. The third kappa shape index (κ3) is 1.54. The third-order valence-corrected chi connectivity index (χ3v) is 3.14. The van der Waals surface area contributed by atoms with E-state index in [1.54, 1.807) is 22.8 Å². The zero-order valence-electron chi connectivity index (χ0n) is 9.14. The highest BCUT2D eigenvalue weighted by Gasteiger charge is 2.22. The van der Waals surface area contributed by atoms with Crippen LogP contribution in [0.4, 0.5) is 0 Å². The third-order valence-electron chi connectivity index (χ3n) is 3.14. The van der Waals surface area contributed by atoms with E-state index >= 15 is 0 Å². The van der Waals surface area contributed by atoms with Crippen LogP contribution >= 0.6 is 0 Å². The lowest BCUT2D eigenvalue weighted by Gasteiger charge is -2.08. The molecule has 0 radical (unpaired) electrons. The Balaban J connectivity index is 2.21. The lowest BCUT2D eigenvalue weighted by molar-refractivity contribution is 0.459. The first kappa shape index (κ1) is 10.1. The molecule has 5 heteroatoms. The summed E-state index contributed by atoms with van der Waals surface area (Å²) in [5.41, 5.74) is 1.76. The second-order valence-corrected chi connectivity index (χ2v) is 4.18. The highest BCUT2D eigenvalue weighted by Crippen LogP contribution is 2.21. The van der Waals surface area contributed by atoms with Gasteiger partial charge in [-0.1, -0.05) is 0 Å². The largest absolute Gasteiger partial charge is 0.420 e. The second kappa shape index (κ2) is 3.75. The van der Waals surface area contributed by atoms with Crippen LogP contribution in [0.2, 0.25) is 0 Å². The Kier molecular flexibility index (Phi) is 2.23. The summed E-state index contributed by atoms with van der Waals surface area (Å²) in [5.74, 6) is -0.344. The number of nitrogens with zero attached hydrogens (tertiary/aromatic N) is 2. The number of aromatic nitrogens is 1. The maximum absolute atomic E-state index is 11.8. The van der Waals surface area contributed by atoms with E-state index in [-0.39, 0.29) is 11.8 Å². The molecule has 3 rings (SSSR count). The number of nitriles is 1. The van der Waals surface area contributed by atoms with Crippen molar-refractivity contribution in [2.24, 2.45) is 0 Å². The monoisotopic (exact) mass is 229 g/mol. The van der Waals surface area contributed by atoms with Gasteiger partial charge in [0.05, 0.1) is 23.2 Å². The van der Waals surface area contributed by atoms with Crippen LogP contribution in [-0.2, 0) is 0 Å². The SMILES string of the molecule is N#Cc1ccc2c(c1)oc(=O)n2C1CCNC1. The molecule has 0 saturated carbocycles. The van der Waals surface area contributed by atoms with E-state index in [9.17, 15) is 4.79 Å². The molecule has 1 aliphatic rings. The van der Waals surface area contributed by atoms with Gasteiger partial charge in [0.15, 0.2) is 5.58 Å². The quantitative estimate of drug-likeness (QED) is 0.791. The summed E-state index contributed by atoms with van der Waals surface area (Å²) in [7, 11) is 0. The number of fused-ring (bicyclic) bond motifs is 1. The Morgan fingerprint density at radius 2 is 2.41 bits per heavy atom. The van der Waals surface area contributed by atoms with Crippen LogP contribution < -0.4 is 11.1 Å². The molecule has 1 N–H and O–H groups in total. The average Bonchev–Trinajstić information content (AvgIpc) is 2.93. The maximum atomic E-state index is 11.8. The summed E-state index contributed by atoms with van der Waals surface area (Å²) in [5, 5.41) is 12.0. The molecule has 1 fully saturated rings. The molecule has 1 aromatic heterocycles. The van der Waals surface area contributed by atoms with Crippen LogP contribution in [0.3, 0.4) is 0 Å². The molecule has 2 heterocycles. The van der Waals surface area contributed by atoms with Crippen molar-refractivity contribution < 1.29 is 4.42 Å². The second-order valence-electron chi connectivity index (χ2n) is 4.18.